The number of hydrogen-bond donors (Lipinski definition) is 1. The average Bonchev–Trinajstić information content (AvgIpc) is 2.44. The summed E-state index contributed by atoms with van der Waals surface area (Å²) in [4.78, 5) is 12.4. The predicted molar refractivity (Wildman–Crippen MR) is 72.6 cm³/mol. The molecule has 0 saturated carbocycles. The molecule has 1 fully saturated rings. The molecule has 0 aromatic carbocycles. The Hall–Kier alpha value is -1.75. The van der Waals surface area contributed by atoms with Crippen LogP contribution in [0.3, 0.4) is 0 Å². The highest BCUT2D eigenvalue weighted by atomic mass is 16.5. The van der Waals surface area contributed by atoms with Gasteiger partial charge in [-0.05, 0) is 26.0 Å². The summed E-state index contributed by atoms with van der Waals surface area (Å²) in [6.07, 6.45) is 7.42. The minimum absolute atomic E-state index is 0.0728. The second-order valence-electron chi connectivity index (χ2n) is 4.15. The first-order chi connectivity index (χ1) is 9.21. The minimum Gasteiger partial charge on any atom is -0.504 e. The number of ether oxygens (including phenoxy) is 2. The maximum Gasteiger partial charge on any atom is 0.209 e. The average molecular weight is 267 g/mol. The Morgan fingerprint density at radius 1 is 1.42 bits per heavy atom. The summed E-state index contributed by atoms with van der Waals surface area (Å²) in [5, 5.41) is 9.78. The molecule has 5 heteroatoms. The lowest BCUT2D eigenvalue weighted by Crippen LogP contribution is -2.43. The van der Waals surface area contributed by atoms with Crippen molar-refractivity contribution in [2.75, 3.05) is 26.3 Å². The Labute approximate surface area is 113 Å². The molecule has 0 aromatic rings. The van der Waals surface area contributed by atoms with Gasteiger partial charge in [0.1, 0.15) is 12.7 Å². The van der Waals surface area contributed by atoms with Gasteiger partial charge in [-0.15, -0.1) is 0 Å². The third-order valence-corrected chi connectivity index (χ3v) is 2.64. The van der Waals surface area contributed by atoms with Crippen molar-refractivity contribution < 1.29 is 19.4 Å². The smallest absolute Gasteiger partial charge is 0.209 e. The summed E-state index contributed by atoms with van der Waals surface area (Å²) >= 11 is 0. The number of rotatable bonds is 6. The third-order valence-electron chi connectivity index (χ3n) is 2.64. The van der Waals surface area contributed by atoms with Crippen molar-refractivity contribution >= 4 is 6.41 Å². The van der Waals surface area contributed by atoms with Gasteiger partial charge in [0.2, 0.25) is 6.41 Å². The van der Waals surface area contributed by atoms with Gasteiger partial charge in [-0.25, -0.2) is 0 Å². The molecule has 1 amide bonds. The Morgan fingerprint density at radius 2 is 2.16 bits per heavy atom. The summed E-state index contributed by atoms with van der Waals surface area (Å²) < 4.78 is 11.1. The van der Waals surface area contributed by atoms with E-state index < -0.39 is 0 Å². The zero-order valence-electron chi connectivity index (χ0n) is 11.4. The molecule has 1 rings (SSSR count). The van der Waals surface area contributed by atoms with Crippen LogP contribution in [0.25, 0.3) is 0 Å². The van der Waals surface area contributed by atoms with Crippen LogP contribution in [-0.4, -0.2) is 48.8 Å². The first-order valence-electron chi connectivity index (χ1n) is 6.33. The Balaban J connectivity index is 2.57. The fraction of sp³-hybridized carbons (Fsp3) is 0.500. The molecule has 0 aliphatic carbocycles. The highest BCUT2D eigenvalue weighted by Gasteiger charge is 2.20. The van der Waals surface area contributed by atoms with Gasteiger partial charge in [-0.1, -0.05) is 12.2 Å². The van der Waals surface area contributed by atoms with Crippen molar-refractivity contribution in [3.63, 3.8) is 0 Å². The molecular formula is C14H21NO4. The van der Waals surface area contributed by atoms with Gasteiger partial charge in [0.25, 0.3) is 0 Å². The number of hydrogen-bond acceptors (Lipinski definition) is 4. The van der Waals surface area contributed by atoms with E-state index in [-0.39, 0.29) is 11.9 Å². The van der Waals surface area contributed by atoms with E-state index >= 15 is 0 Å². The van der Waals surface area contributed by atoms with Gasteiger partial charge in [0, 0.05) is 6.54 Å². The maximum atomic E-state index is 10.7. The van der Waals surface area contributed by atoms with E-state index in [1.807, 2.05) is 13.8 Å². The minimum atomic E-state index is -0.169. The van der Waals surface area contributed by atoms with Crippen molar-refractivity contribution in [1.29, 1.82) is 0 Å². The first kappa shape index (κ1) is 15.3. The van der Waals surface area contributed by atoms with E-state index in [2.05, 4.69) is 0 Å². The van der Waals surface area contributed by atoms with E-state index in [0.717, 1.165) is 6.41 Å². The van der Waals surface area contributed by atoms with E-state index in [4.69, 9.17) is 9.47 Å². The van der Waals surface area contributed by atoms with Crippen molar-refractivity contribution in [3.05, 3.63) is 35.8 Å². The SMILES string of the molecule is C\C=C/C(O)=C(\C=C/C)OCC1CN(C=O)CCO1. The topological polar surface area (TPSA) is 59.0 Å². The molecule has 0 radical (unpaired) electrons. The monoisotopic (exact) mass is 267 g/mol. The molecule has 0 bridgehead atoms. The van der Waals surface area contributed by atoms with Crippen LogP contribution in [0, 0.1) is 0 Å². The Bertz CT molecular complexity index is 374. The lowest BCUT2D eigenvalue weighted by molar-refractivity contribution is -0.127. The maximum absolute atomic E-state index is 10.7. The molecule has 1 unspecified atom stereocenters. The standard InChI is InChI=1S/C14H21NO4/c1-3-5-13(17)14(6-4-2)19-10-12-9-15(11-16)7-8-18-12/h3-6,11-12,17H,7-10H2,1-2H3/b5-3-,6-4-,14-13-. The van der Waals surface area contributed by atoms with Crippen LogP contribution in [0.1, 0.15) is 13.8 Å². The van der Waals surface area contributed by atoms with Crippen LogP contribution in [-0.2, 0) is 14.3 Å². The summed E-state index contributed by atoms with van der Waals surface area (Å²) in [5.74, 6) is 0.469. The Kier molecular flexibility index (Phi) is 6.74. The molecule has 1 N–H and O–H groups in total. The van der Waals surface area contributed by atoms with Gasteiger partial charge < -0.3 is 19.5 Å². The van der Waals surface area contributed by atoms with Crippen LogP contribution < -0.4 is 0 Å². The highest BCUT2D eigenvalue weighted by Crippen LogP contribution is 2.11. The molecule has 1 atom stereocenters. The lowest BCUT2D eigenvalue weighted by atomic mass is 10.3. The number of amides is 1. The fourth-order valence-electron chi connectivity index (χ4n) is 1.72. The van der Waals surface area contributed by atoms with E-state index in [9.17, 15) is 9.90 Å². The van der Waals surface area contributed by atoms with Crippen LogP contribution >= 0.6 is 0 Å². The van der Waals surface area contributed by atoms with Crippen molar-refractivity contribution in [2.24, 2.45) is 0 Å². The number of nitrogens with zero attached hydrogens (tertiary/aromatic N) is 1. The highest BCUT2D eigenvalue weighted by molar-refractivity contribution is 5.47. The van der Waals surface area contributed by atoms with Crippen LogP contribution in [0.4, 0.5) is 0 Å². The lowest BCUT2D eigenvalue weighted by Gasteiger charge is -2.30. The largest absolute Gasteiger partial charge is 0.504 e. The molecule has 1 heterocycles. The molecule has 1 aliphatic rings. The zero-order chi connectivity index (χ0) is 14.1. The van der Waals surface area contributed by atoms with Crippen LogP contribution in [0.5, 0.6) is 0 Å². The molecular weight excluding hydrogens is 246 g/mol. The van der Waals surface area contributed by atoms with E-state index in [1.54, 1.807) is 29.2 Å². The van der Waals surface area contributed by atoms with Crippen molar-refractivity contribution in [3.8, 4) is 0 Å². The zero-order valence-corrected chi connectivity index (χ0v) is 11.4. The molecule has 0 spiro atoms. The third kappa shape index (κ3) is 5.18. The number of carbonyl (C=O) groups is 1. The quantitative estimate of drug-likeness (QED) is 0.453. The molecule has 19 heavy (non-hydrogen) atoms. The second kappa shape index (κ2) is 8.37. The van der Waals surface area contributed by atoms with Gasteiger partial charge in [-0.3, -0.25) is 4.79 Å². The van der Waals surface area contributed by atoms with Crippen molar-refractivity contribution in [2.45, 2.75) is 20.0 Å². The predicted octanol–water partition coefficient (Wildman–Crippen LogP) is 1.78. The molecule has 1 saturated heterocycles. The van der Waals surface area contributed by atoms with Crippen LogP contribution in [0.15, 0.2) is 35.8 Å². The molecule has 106 valence electrons. The first-order valence-corrected chi connectivity index (χ1v) is 6.33. The summed E-state index contributed by atoms with van der Waals surface area (Å²) in [5.41, 5.74) is 0. The molecule has 5 nitrogen and oxygen atoms in total. The fourth-order valence-corrected chi connectivity index (χ4v) is 1.72. The number of carbonyl (C=O) groups excluding carboxylic acids is 1. The van der Waals surface area contributed by atoms with Gasteiger partial charge in [0.15, 0.2) is 11.5 Å². The normalized spacial score (nSPS) is 21.8. The van der Waals surface area contributed by atoms with Gasteiger partial charge in [-0.2, -0.15) is 0 Å². The summed E-state index contributed by atoms with van der Waals surface area (Å²) in [6.45, 7) is 5.59. The summed E-state index contributed by atoms with van der Waals surface area (Å²) in [6, 6.07) is 0. The second-order valence-corrected chi connectivity index (χ2v) is 4.15. The van der Waals surface area contributed by atoms with Gasteiger partial charge >= 0.3 is 0 Å². The van der Waals surface area contributed by atoms with E-state index in [0.29, 0.717) is 32.1 Å². The number of aliphatic hydroxyl groups excluding tert-OH is 1. The summed E-state index contributed by atoms with van der Waals surface area (Å²) in [7, 11) is 0. The number of morpholine rings is 1. The Morgan fingerprint density at radius 3 is 2.79 bits per heavy atom. The van der Waals surface area contributed by atoms with Crippen LogP contribution in [0.2, 0.25) is 0 Å². The number of allylic oxidation sites excluding steroid dienone is 4. The van der Waals surface area contributed by atoms with Gasteiger partial charge in [0.05, 0.1) is 13.2 Å². The molecule has 1 aliphatic heterocycles. The number of aliphatic hydroxyl groups is 1. The molecule has 0 aromatic heterocycles. The van der Waals surface area contributed by atoms with Crippen molar-refractivity contribution in [1.82, 2.24) is 4.90 Å². The van der Waals surface area contributed by atoms with E-state index in [1.165, 1.54) is 0 Å².